The number of halogens is 3. The molecule has 0 saturated carbocycles. The van der Waals surface area contributed by atoms with E-state index in [1.807, 2.05) is 6.26 Å². The Morgan fingerprint density at radius 2 is 2.10 bits per heavy atom. The quantitative estimate of drug-likeness (QED) is 0.234. The number of alkyl halides is 3. The largest absolute Gasteiger partial charge is 0.416 e. The van der Waals surface area contributed by atoms with Crippen LogP contribution in [0.4, 0.5) is 24.5 Å². The van der Waals surface area contributed by atoms with Crippen molar-refractivity contribution in [2.45, 2.75) is 22.1 Å². The Morgan fingerprint density at radius 1 is 1.34 bits per heavy atom. The summed E-state index contributed by atoms with van der Waals surface area (Å²) in [6.45, 7) is 0.556. The lowest BCUT2D eigenvalue weighted by Crippen LogP contribution is -2.27. The molecule has 8 nitrogen and oxygen atoms in total. The number of nitrogens with one attached hydrogen (secondary N) is 2. The van der Waals surface area contributed by atoms with Crippen LogP contribution in [0.15, 0.2) is 27.7 Å². The van der Waals surface area contributed by atoms with E-state index >= 15 is 0 Å². The van der Waals surface area contributed by atoms with Crippen LogP contribution < -0.4 is 10.6 Å². The number of nitro groups is 1. The molecule has 1 aromatic heterocycles. The summed E-state index contributed by atoms with van der Waals surface area (Å²) in [4.78, 5) is 26.2. The van der Waals surface area contributed by atoms with Crippen LogP contribution in [0.2, 0.25) is 0 Å². The van der Waals surface area contributed by atoms with E-state index in [1.165, 1.54) is 35.1 Å². The lowest BCUT2D eigenvalue weighted by molar-refractivity contribution is -0.384. The molecule has 0 aliphatic heterocycles. The molecule has 2 aromatic rings. The molecule has 1 aromatic carbocycles. The Bertz CT molecular complexity index is 863. The van der Waals surface area contributed by atoms with Gasteiger partial charge in [-0.3, -0.25) is 14.9 Å². The van der Waals surface area contributed by atoms with Crippen molar-refractivity contribution >= 4 is 52.3 Å². The highest BCUT2D eigenvalue weighted by Crippen LogP contribution is 2.34. The van der Waals surface area contributed by atoms with E-state index in [4.69, 9.17) is 0 Å². The van der Waals surface area contributed by atoms with Gasteiger partial charge in [-0.05, 0) is 36.3 Å². The van der Waals surface area contributed by atoms with Gasteiger partial charge in [0.1, 0.15) is 5.69 Å². The van der Waals surface area contributed by atoms with Crippen molar-refractivity contribution < 1.29 is 22.9 Å². The van der Waals surface area contributed by atoms with Crippen molar-refractivity contribution in [1.29, 1.82) is 0 Å². The van der Waals surface area contributed by atoms with Crippen molar-refractivity contribution in [1.82, 2.24) is 14.7 Å². The van der Waals surface area contributed by atoms with Crippen molar-refractivity contribution in [2.24, 2.45) is 0 Å². The van der Waals surface area contributed by atoms with Crippen LogP contribution in [-0.4, -0.2) is 45.3 Å². The van der Waals surface area contributed by atoms with Crippen LogP contribution >= 0.6 is 35.1 Å². The molecule has 1 amide bonds. The minimum Gasteiger partial charge on any atom is -0.379 e. The molecule has 0 spiro atoms. The topological polar surface area (TPSA) is 110 Å². The first-order valence-corrected chi connectivity index (χ1v) is 11.1. The molecule has 29 heavy (non-hydrogen) atoms. The molecule has 0 bridgehead atoms. The number of rotatable bonds is 10. The second-order valence-corrected chi connectivity index (χ2v) is 8.20. The zero-order valence-corrected chi connectivity index (χ0v) is 17.4. The van der Waals surface area contributed by atoms with Crippen molar-refractivity contribution in [3.63, 3.8) is 0 Å². The molecule has 14 heteroatoms. The second-order valence-electron chi connectivity index (χ2n) is 5.45. The number of carbonyl (C=O) groups is 1. The van der Waals surface area contributed by atoms with Crippen LogP contribution in [0.3, 0.4) is 0 Å². The highest BCUT2D eigenvalue weighted by Gasteiger charge is 2.32. The lowest BCUT2D eigenvalue weighted by atomic mass is 10.1. The number of benzene rings is 1. The van der Waals surface area contributed by atoms with Gasteiger partial charge >= 0.3 is 6.18 Å². The molecular formula is C15H16F3N5O3S3. The molecule has 2 N–H and O–H groups in total. The minimum atomic E-state index is -4.66. The van der Waals surface area contributed by atoms with Gasteiger partial charge in [-0.2, -0.15) is 17.5 Å². The number of carbonyl (C=O) groups excluding carboxylic acids is 1. The normalized spacial score (nSPS) is 11.3. The second kappa shape index (κ2) is 10.6. The molecule has 0 atom stereocenters. The average molecular weight is 468 g/mol. The number of thioether (sulfide) groups is 2. The first-order valence-electron chi connectivity index (χ1n) is 8.07. The molecule has 2 rings (SSSR count). The van der Waals surface area contributed by atoms with Crippen LogP contribution in [0, 0.1) is 10.1 Å². The van der Waals surface area contributed by atoms with E-state index in [2.05, 4.69) is 20.0 Å². The monoisotopic (exact) mass is 467 g/mol. The number of hydrogen-bond donors (Lipinski definition) is 2. The van der Waals surface area contributed by atoms with Gasteiger partial charge in [0.2, 0.25) is 11.1 Å². The molecule has 0 aliphatic carbocycles. The lowest BCUT2D eigenvalue weighted by Gasteiger charge is -2.11. The Balaban J connectivity index is 1.74. The van der Waals surface area contributed by atoms with Gasteiger partial charge in [-0.25, -0.2) is 4.98 Å². The van der Waals surface area contributed by atoms with E-state index in [9.17, 15) is 28.1 Å². The minimum absolute atomic E-state index is 0.00856. The fourth-order valence-electron chi connectivity index (χ4n) is 2.06. The van der Waals surface area contributed by atoms with Crippen LogP contribution in [0.5, 0.6) is 0 Å². The summed E-state index contributed by atoms with van der Waals surface area (Å²) >= 11 is 3.90. The first-order chi connectivity index (χ1) is 13.7. The first kappa shape index (κ1) is 23.2. The van der Waals surface area contributed by atoms with Gasteiger partial charge in [-0.1, -0.05) is 23.5 Å². The summed E-state index contributed by atoms with van der Waals surface area (Å²) in [5.41, 5.74) is -1.74. The summed E-state index contributed by atoms with van der Waals surface area (Å²) in [7, 11) is 0. The highest BCUT2D eigenvalue weighted by molar-refractivity contribution is 8.01. The maximum Gasteiger partial charge on any atom is 0.416 e. The van der Waals surface area contributed by atoms with Gasteiger partial charge < -0.3 is 10.6 Å². The maximum atomic E-state index is 12.7. The molecule has 0 saturated heterocycles. The zero-order chi connectivity index (χ0) is 21.4. The van der Waals surface area contributed by atoms with Gasteiger partial charge in [0.05, 0.1) is 16.2 Å². The zero-order valence-electron chi connectivity index (χ0n) is 15.0. The van der Waals surface area contributed by atoms with E-state index in [0.29, 0.717) is 28.5 Å². The van der Waals surface area contributed by atoms with Gasteiger partial charge in [0.15, 0.2) is 4.34 Å². The Morgan fingerprint density at radius 3 is 2.72 bits per heavy atom. The third-order valence-electron chi connectivity index (χ3n) is 3.41. The fourth-order valence-corrected chi connectivity index (χ4v) is 4.10. The van der Waals surface area contributed by atoms with Crippen molar-refractivity contribution in [3.8, 4) is 0 Å². The molecule has 1 heterocycles. The standard InChI is InChI=1S/C15H16F3N5O3S3/c1-27-13-21-14(29-22-13)28-8-12(24)20-6-2-5-19-10-4-3-9(15(16,17)18)7-11(10)23(25)26/h3-4,7,19H,2,5-6,8H2,1H3,(H,20,24). The Hall–Kier alpha value is -2.06. The molecule has 0 aliphatic rings. The summed E-state index contributed by atoms with van der Waals surface area (Å²) in [5.74, 6) is -0.0164. The number of hydrogen-bond acceptors (Lipinski definition) is 9. The van der Waals surface area contributed by atoms with E-state index in [-0.39, 0.29) is 23.9 Å². The SMILES string of the molecule is CSc1nsc(SCC(=O)NCCCNc2ccc(C(F)(F)F)cc2[N+](=O)[O-])n1. The summed E-state index contributed by atoms with van der Waals surface area (Å²) in [6.07, 6.45) is -2.36. The summed E-state index contributed by atoms with van der Waals surface area (Å²) < 4.78 is 42.9. The van der Waals surface area contributed by atoms with Gasteiger partial charge in [0, 0.05) is 19.2 Å². The maximum absolute atomic E-state index is 12.7. The molecule has 158 valence electrons. The van der Waals surface area contributed by atoms with Crippen LogP contribution in [0.1, 0.15) is 12.0 Å². The Kier molecular flexibility index (Phi) is 8.52. The molecular weight excluding hydrogens is 451 g/mol. The van der Waals surface area contributed by atoms with E-state index < -0.39 is 22.4 Å². The van der Waals surface area contributed by atoms with Crippen LogP contribution in [-0.2, 0) is 11.0 Å². The third kappa shape index (κ3) is 7.36. The number of anilines is 1. The van der Waals surface area contributed by atoms with E-state index in [0.717, 1.165) is 12.1 Å². The van der Waals surface area contributed by atoms with Crippen molar-refractivity contribution in [2.75, 3.05) is 30.4 Å². The number of nitrogens with zero attached hydrogens (tertiary/aromatic N) is 3. The van der Waals surface area contributed by atoms with Crippen molar-refractivity contribution in [3.05, 3.63) is 33.9 Å². The Labute approximate surface area is 176 Å². The number of nitro benzene ring substituents is 1. The number of aromatic nitrogens is 2. The predicted octanol–water partition coefficient (Wildman–Crippen LogP) is 3.90. The highest BCUT2D eigenvalue weighted by atomic mass is 32.2. The average Bonchev–Trinajstić information content (AvgIpc) is 3.13. The summed E-state index contributed by atoms with van der Waals surface area (Å²) in [6, 6.07) is 2.31. The van der Waals surface area contributed by atoms with Crippen LogP contribution in [0.25, 0.3) is 0 Å². The molecule has 0 unspecified atom stereocenters. The van der Waals surface area contributed by atoms with Gasteiger partial charge in [0.25, 0.3) is 5.69 Å². The molecule has 0 radical (unpaired) electrons. The fraction of sp³-hybridized carbons (Fsp3) is 0.400. The summed E-state index contributed by atoms with van der Waals surface area (Å²) in [5, 5.41) is 17.1. The third-order valence-corrected chi connectivity index (χ3v) is 5.91. The number of amides is 1. The molecule has 0 fully saturated rings. The predicted molar refractivity (Wildman–Crippen MR) is 107 cm³/mol. The smallest absolute Gasteiger partial charge is 0.379 e. The van der Waals surface area contributed by atoms with E-state index in [1.54, 1.807) is 0 Å². The van der Waals surface area contributed by atoms with Gasteiger partial charge in [-0.15, -0.1) is 0 Å².